The Morgan fingerprint density at radius 2 is 2.43 bits per heavy atom. The summed E-state index contributed by atoms with van der Waals surface area (Å²) in [5.41, 5.74) is -0.400. The van der Waals surface area contributed by atoms with Crippen LogP contribution in [-0.2, 0) is 12.0 Å². The Hall–Kier alpha value is -0.710. The molecule has 0 aromatic carbocycles. The first-order valence-corrected chi connectivity index (χ1v) is 5.30. The molecule has 78 valence electrons. The van der Waals surface area contributed by atoms with E-state index < -0.39 is 11.6 Å². The predicted molar refractivity (Wildman–Crippen MR) is 54.6 cm³/mol. The molecule has 1 fully saturated rings. The molecule has 14 heavy (non-hydrogen) atoms. The van der Waals surface area contributed by atoms with E-state index in [4.69, 9.17) is 12.2 Å². The molecular weight excluding hydrogens is 201 g/mol. The first-order chi connectivity index (χ1) is 6.59. The molecule has 1 saturated carbocycles. The third-order valence-corrected chi connectivity index (χ3v) is 3.16. The first-order valence-electron chi connectivity index (χ1n) is 4.89. The average Bonchev–Trinajstić information content (AvgIpc) is 2.57. The molecule has 2 atom stereocenters. The van der Waals surface area contributed by atoms with Crippen LogP contribution in [0.25, 0.3) is 0 Å². The monoisotopic (exact) mass is 215 g/mol. The summed E-state index contributed by atoms with van der Waals surface area (Å²) in [5.74, 6) is 0.775. The molecule has 2 rings (SSSR count). The average molecular weight is 215 g/mol. The largest absolute Gasteiger partial charge is 0.304 e. The second kappa shape index (κ2) is 3.15. The van der Waals surface area contributed by atoms with Crippen molar-refractivity contribution >= 4 is 12.2 Å². The van der Waals surface area contributed by atoms with Crippen LogP contribution in [0.1, 0.15) is 32.5 Å². The minimum absolute atomic E-state index is 0.400. The highest BCUT2D eigenvalue weighted by Crippen LogP contribution is 2.49. The minimum Gasteiger partial charge on any atom is -0.304 e. The van der Waals surface area contributed by atoms with Crippen LogP contribution in [0.5, 0.6) is 0 Å². The molecule has 0 amide bonds. The van der Waals surface area contributed by atoms with Crippen molar-refractivity contribution in [3.8, 4) is 0 Å². The van der Waals surface area contributed by atoms with E-state index >= 15 is 0 Å². The lowest BCUT2D eigenvalue weighted by molar-refractivity contribution is 0.415. The molecule has 1 N–H and O–H groups in total. The van der Waals surface area contributed by atoms with Crippen LogP contribution < -0.4 is 0 Å². The molecule has 1 aromatic rings. The van der Waals surface area contributed by atoms with E-state index in [2.05, 4.69) is 17.1 Å². The van der Waals surface area contributed by atoms with Crippen molar-refractivity contribution in [1.29, 1.82) is 0 Å². The number of hydrogen-bond donors (Lipinski definition) is 1. The minimum atomic E-state index is -0.761. The topological polar surface area (TPSA) is 33.6 Å². The molecule has 2 unspecified atom stereocenters. The standard InChI is InChI=1S/C9H14FN3S/c1-3-4-13-7(11-12-8(13)14)9(2)5-6(9)10/h6H,3-5H2,1-2H3,(H,12,14). The lowest BCUT2D eigenvalue weighted by Crippen LogP contribution is -2.14. The van der Waals surface area contributed by atoms with Crippen LogP contribution in [0.2, 0.25) is 0 Å². The van der Waals surface area contributed by atoms with Crippen LogP contribution in [0.3, 0.4) is 0 Å². The van der Waals surface area contributed by atoms with E-state index in [-0.39, 0.29) is 0 Å². The van der Waals surface area contributed by atoms with Gasteiger partial charge in [0.15, 0.2) is 4.77 Å². The molecule has 1 aromatic heterocycles. The van der Waals surface area contributed by atoms with Gasteiger partial charge >= 0.3 is 0 Å². The summed E-state index contributed by atoms with van der Waals surface area (Å²) in [7, 11) is 0. The van der Waals surface area contributed by atoms with Gasteiger partial charge in [-0.05, 0) is 32.0 Å². The fraction of sp³-hybridized carbons (Fsp3) is 0.778. The normalized spacial score (nSPS) is 30.6. The smallest absolute Gasteiger partial charge is 0.195 e. The van der Waals surface area contributed by atoms with E-state index in [1.807, 2.05) is 11.5 Å². The predicted octanol–water partition coefficient (Wildman–Crippen LogP) is 2.35. The molecule has 0 aliphatic heterocycles. The molecule has 1 aliphatic carbocycles. The summed E-state index contributed by atoms with van der Waals surface area (Å²) < 4.78 is 15.7. The van der Waals surface area contributed by atoms with Crippen molar-refractivity contribution in [3.05, 3.63) is 10.6 Å². The van der Waals surface area contributed by atoms with Crippen molar-refractivity contribution in [3.63, 3.8) is 0 Å². The van der Waals surface area contributed by atoms with Crippen LogP contribution in [0, 0.1) is 4.77 Å². The summed E-state index contributed by atoms with van der Waals surface area (Å²) in [6.45, 7) is 4.78. The van der Waals surface area contributed by atoms with Crippen LogP contribution in [-0.4, -0.2) is 20.9 Å². The Morgan fingerprint density at radius 1 is 1.79 bits per heavy atom. The molecule has 0 radical (unpaired) electrons. The summed E-state index contributed by atoms with van der Waals surface area (Å²) in [6, 6.07) is 0. The van der Waals surface area contributed by atoms with Gasteiger partial charge in [0.1, 0.15) is 12.0 Å². The summed E-state index contributed by atoms with van der Waals surface area (Å²) in [4.78, 5) is 0. The van der Waals surface area contributed by atoms with Crippen LogP contribution in [0.4, 0.5) is 4.39 Å². The van der Waals surface area contributed by atoms with Crippen LogP contribution in [0.15, 0.2) is 0 Å². The molecule has 1 aliphatic rings. The van der Waals surface area contributed by atoms with Gasteiger partial charge in [0, 0.05) is 6.54 Å². The summed E-state index contributed by atoms with van der Waals surface area (Å²) in [6.07, 6.45) is 0.785. The second-order valence-corrected chi connectivity index (χ2v) is 4.48. The molecule has 0 bridgehead atoms. The van der Waals surface area contributed by atoms with Crippen molar-refractivity contribution in [2.24, 2.45) is 0 Å². The van der Waals surface area contributed by atoms with Gasteiger partial charge < -0.3 is 4.57 Å². The van der Waals surface area contributed by atoms with E-state index in [9.17, 15) is 4.39 Å². The van der Waals surface area contributed by atoms with Gasteiger partial charge in [0.05, 0.1) is 5.41 Å². The van der Waals surface area contributed by atoms with E-state index in [1.54, 1.807) is 0 Å². The number of alkyl halides is 1. The third kappa shape index (κ3) is 1.30. The van der Waals surface area contributed by atoms with Crippen molar-refractivity contribution in [2.45, 2.75) is 44.8 Å². The summed E-state index contributed by atoms with van der Waals surface area (Å²) in [5, 5.41) is 6.86. The van der Waals surface area contributed by atoms with Gasteiger partial charge in [0.25, 0.3) is 0 Å². The quantitative estimate of drug-likeness (QED) is 0.785. The Morgan fingerprint density at radius 3 is 2.93 bits per heavy atom. The molecule has 1 heterocycles. The Bertz CT molecular complexity index is 397. The maximum absolute atomic E-state index is 13.2. The molecule has 3 nitrogen and oxygen atoms in total. The molecule has 0 spiro atoms. The lowest BCUT2D eigenvalue weighted by atomic mass is 10.1. The van der Waals surface area contributed by atoms with E-state index in [0.29, 0.717) is 11.2 Å². The van der Waals surface area contributed by atoms with Gasteiger partial charge in [-0.25, -0.2) is 4.39 Å². The number of rotatable bonds is 3. The molecule has 5 heteroatoms. The van der Waals surface area contributed by atoms with Crippen molar-refractivity contribution in [2.75, 3.05) is 0 Å². The Kier molecular flexibility index (Phi) is 2.21. The van der Waals surface area contributed by atoms with Gasteiger partial charge in [-0.3, -0.25) is 5.10 Å². The zero-order valence-electron chi connectivity index (χ0n) is 8.38. The fourth-order valence-corrected chi connectivity index (χ4v) is 1.95. The number of hydrogen-bond acceptors (Lipinski definition) is 2. The van der Waals surface area contributed by atoms with Gasteiger partial charge in [-0.1, -0.05) is 6.92 Å². The Balaban J connectivity index is 2.39. The fourth-order valence-electron chi connectivity index (χ4n) is 1.73. The zero-order chi connectivity index (χ0) is 10.3. The number of nitrogens with zero attached hydrogens (tertiary/aromatic N) is 2. The van der Waals surface area contributed by atoms with Crippen molar-refractivity contribution < 1.29 is 4.39 Å². The van der Waals surface area contributed by atoms with Gasteiger partial charge in [-0.15, -0.1) is 0 Å². The van der Waals surface area contributed by atoms with Gasteiger partial charge in [-0.2, -0.15) is 5.10 Å². The maximum Gasteiger partial charge on any atom is 0.195 e. The zero-order valence-corrected chi connectivity index (χ0v) is 9.20. The van der Waals surface area contributed by atoms with Crippen LogP contribution >= 0.6 is 12.2 Å². The lowest BCUT2D eigenvalue weighted by Gasteiger charge is -2.09. The number of aromatic amines is 1. The second-order valence-electron chi connectivity index (χ2n) is 4.09. The number of H-pyrrole nitrogens is 1. The van der Waals surface area contributed by atoms with Crippen molar-refractivity contribution in [1.82, 2.24) is 14.8 Å². The van der Waals surface area contributed by atoms with E-state index in [1.165, 1.54) is 0 Å². The highest BCUT2D eigenvalue weighted by Gasteiger charge is 2.55. The number of aromatic nitrogens is 3. The highest BCUT2D eigenvalue weighted by atomic mass is 32.1. The first kappa shape index (κ1) is 9.83. The highest BCUT2D eigenvalue weighted by molar-refractivity contribution is 7.71. The van der Waals surface area contributed by atoms with E-state index in [0.717, 1.165) is 18.8 Å². The molecule has 0 saturated heterocycles. The third-order valence-electron chi connectivity index (χ3n) is 2.85. The SMILES string of the molecule is CCCn1c(C2(C)CC2F)n[nH]c1=S. The number of nitrogens with one attached hydrogen (secondary N) is 1. The number of halogens is 1. The maximum atomic E-state index is 13.2. The van der Waals surface area contributed by atoms with Gasteiger partial charge in [0.2, 0.25) is 0 Å². The Labute approximate surface area is 87.3 Å². The molecular formula is C9H14FN3S. The summed E-state index contributed by atoms with van der Waals surface area (Å²) >= 11 is 5.10.